The lowest BCUT2D eigenvalue weighted by atomic mass is 10.0. The maximum absolute atomic E-state index is 12.3. The summed E-state index contributed by atoms with van der Waals surface area (Å²) in [6.07, 6.45) is -4.44. The monoisotopic (exact) mass is 318 g/mol. The molecule has 0 spiro atoms. The van der Waals surface area contributed by atoms with Crippen molar-refractivity contribution in [2.75, 3.05) is 13.1 Å². The van der Waals surface area contributed by atoms with Crippen LogP contribution in [0.2, 0.25) is 0 Å². The molecule has 2 N–H and O–H groups in total. The first-order valence-corrected chi connectivity index (χ1v) is 6.50. The van der Waals surface area contributed by atoms with Gasteiger partial charge in [0.25, 0.3) is 11.5 Å². The topological polar surface area (TPSA) is 95.2 Å². The average molecular weight is 318 g/mol. The van der Waals surface area contributed by atoms with Gasteiger partial charge in [0.05, 0.1) is 0 Å². The van der Waals surface area contributed by atoms with Gasteiger partial charge in [0.2, 0.25) is 0 Å². The molecule has 1 aromatic heterocycles. The maximum Gasteiger partial charge on any atom is 0.471 e. The zero-order valence-corrected chi connectivity index (χ0v) is 11.3. The van der Waals surface area contributed by atoms with Crippen molar-refractivity contribution in [1.82, 2.24) is 20.4 Å². The molecule has 0 radical (unpaired) electrons. The fourth-order valence-electron chi connectivity index (χ4n) is 2.14. The van der Waals surface area contributed by atoms with E-state index in [-0.39, 0.29) is 37.7 Å². The molecule has 0 unspecified atom stereocenters. The number of halogens is 3. The Morgan fingerprint density at radius 2 is 1.91 bits per heavy atom. The molecule has 0 aromatic carbocycles. The summed E-state index contributed by atoms with van der Waals surface area (Å²) in [6.45, 7) is -0.162. The van der Waals surface area contributed by atoms with Crippen LogP contribution < -0.4 is 10.9 Å². The highest BCUT2D eigenvalue weighted by atomic mass is 19.4. The SMILES string of the molecule is O=C(NC1CCN(C(=O)C(F)(F)F)CC1)c1ccc(=O)[nH]n1. The van der Waals surface area contributed by atoms with Crippen LogP contribution in [0.1, 0.15) is 23.3 Å². The van der Waals surface area contributed by atoms with Crippen LogP contribution in [-0.2, 0) is 4.79 Å². The molecule has 1 saturated heterocycles. The van der Waals surface area contributed by atoms with E-state index in [1.165, 1.54) is 6.07 Å². The first-order chi connectivity index (χ1) is 10.3. The number of aromatic nitrogens is 2. The summed E-state index contributed by atoms with van der Waals surface area (Å²) in [6, 6.07) is 2.04. The minimum atomic E-state index is -4.88. The molecular formula is C12H13F3N4O3. The van der Waals surface area contributed by atoms with Crippen LogP contribution in [0.3, 0.4) is 0 Å². The van der Waals surface area contributed by atoms with Gasteiger partial charge in [-0.3, -0.25) is 14.4 Å². The van der Waals surface area contributed by atoms with Gasteiger partial charge in [-0.1, -0.05) is 0 Å². The van der Waals surface area contributed by atoms with Gasteiger partial charge in [-0.25, -0.2) is 5.10 Å². The van der Waals surface area contributed by atoms with Crippen LogP contribution in [0.25, 0.3) is 0 Å². The number of hydrogen-bond acceptors (Lipinski definition) is 4. The number of carbonyl (C=O) groups excluding carboxylic acids is 2. The number of aromatic amines is 1. The summed E-state index contributed by atoms with van der Waals surface area (Å²) in [7, 11) is 0. The van der Waals surface area contributed by atoms with Crippen LogP contribution in [-0.4, -0.2) is 52.2 Å². The first-order valence-electron chi connectivity index (χ1n) is 6.50. The second-order valence-electron chi connectivity index (χ2n) is 4.84. The Hall–Kier alpha value is -2.39. The molecule has 1 aromatic rings. The van der Waals surface area contributed by atoms with E-state index >= 15 is 0 Å². The Kier molecular flexibility index (Phi) is 4.48. The van der Waals surface area contributed by atoms with E-state index in [9.17, 15) is 27.6 Å². The third kappa shape index (κ3) is 3.83. The molecule has 120 valence electrons. The molecule has 22 heavy (non-hydrogen) atoms. The molecule has 0 aliphatic carbocycles. The number of carbonyl (C=O) groups is 2. The highest BCUT2D eigenvalue weighted by molar-refractivity contribution is 5.92. The van der Waals surface area contributed by atoms with Gasteiger partial charge < -0.3 is 10.2 Å². The van der Waals surface area contributed by atoms with Crippen molar-refractivity contribution in [2.45, 2.75) is 25.1 Å². The number of H-pyrrole nitrogens is 1. The lowest BCUT2D eigenvalue weighted by Crippen LogP contribution is -2.50. The van der Waals surface area contributed by atoms with Crippen LogP contribution in [0.4, 0.5) is 13.2 Å². The molecule has 1 fully saturated rings. The van der Waals surface area contributed by atoms with E-state index < -0.39 is 23.5 Å². The lowest BCUT2D eigenvalue weighted by Gasteiger charge is -2.32. The molecule has 2 amide bonds. The third-order valence-corrected chi connectivity index (χ3v) is 3.27. The molecule has 0 bridgehead atoms. The summed E-state index contributed by atoms with van der Waals surface area (Å²) < 4.78 is 36.9. The molecule has 1 aliphatic rings. The molecule has 10 heteroatoms. The summed E-state index contributed by atoms with van der Waals surface area (Å²) in [5.41, 5.74) is -0.441. The Balaban J connectivity index is 1.87. The molecule has 0 atom stereocenters. The predicted octanol–water partition coefficient (Wildman–Crippen LogP) is 0.0530. The molecule has 1 aliphatic heterocycles. The Bertz CT molecular complexity index is 600. The van der Waals surface area contributed by atoms with Crippen molar-refractivity contribution in [3.63, 3.8) is 0 Å². The number of nitrogens with zero attached hydrogens (tertiary/aromatic N) is 2. The van der Waals surface area contributed by atoms with E-state index in [0.29, 0.717) is 0 Å². The molecule has 7 nitrogen and oxygen atoms in total. The van der Waals surface area contributed by atoms with Crippen molar-refractivity contribution in [3.8, 4) is 0 Å². The van der Waals surface area contributed by atoms with Gasteiger partial charge in [0.15, 0.2) is 0 Å². The number of rotatable bonds is 2. The highest BCUT2D eigenvalue weighted by Gasteiger charge is 2.43. The summed E-state index contributed by atoms with van der Waals surface area (Å²) >= 11 is 0. The van der Waals surface area contributed by atoms with E-state index in [2.05, 4.69) is 15.5 Å². The Morgan fingerprint density at radius 3 is 2.41 bits per heavy atom. The van der Waals surface area contributed by atoms with Gasteiger partial charge in [0.1, 0.15) is 5.69 Å². The Labute approximate surface area is 122 Å². The van der Waals surface area contributed by atoms with E-state index in [1.54, 1.807) is 0 Å². The number of alkyl halides is 3. The minimum Gasteiger partial charge on any atom is -0.348 e. The average Bonchev–Trinajstić information content (AvgIpc) is 2.47. The maximum atomic E-state index is 12.3. The molecule has 2 rings (SSSR count). The number of nitrogens with one attached hydrogen (secondary N) is 2. The fourth-order valence-corrected chi connectivity index (χ4v) is 2.14. The Morgan fingerprint density at radius 1 is 1.27 bits per heavy atom. The number of amides is 2. The molecule has 2 heterocycles. The van der Waals surface area contributed by atoms with Crippen molar-refractivity contribution in [1.29, 1.82) is 0 Å². The standard InChI is InChI=1S/C12H13F3N4O3/c13-12(14,15)11(22)19-5-3-7(4-6-19)16-10(21)8-1-2-9(20)18-17-8/h1-2,7H,3-6H2,(H,16,21)(H,18,20). The first kappa shape index (κ1) is 16.0. The normalized spacial score (nSPS) is 16.4. The van der Waals surface area contributed by atoms with Gasteiger partial charge in [0, 0.05) is 25.2 Å². The zero-order chi connectivity index (χ0) is 16.3. The van der Waals surface area contributed by atoms with E-state index in [1.807, 2.05) is 0 Å². The number of piperidine rings is 1. The van der Waals surface area contributed by atoms with E-state index in [4.69, 9.17) is 0 Å². The second-order valence-corrected chi connectivity index (χ2v) is 4.84. The smallest absolute Gasteiger partial charge is 0.348 e. The molecular weight excluding hydrogens is 305 g/mol. The van der Waals surface area contributed by atoms with E-state index in [0.717, 1.165) is 11.0 Å². The van der Waals surface area contributed by atoms with Crippen LogP contribution in [0, 0.1) is 0 Å². The summed E-state index contributed by atoms with van der Waals surface area (Å²) in [5.74, 6) is -2.39. The van der Waals surface area contributed by atoms with Gasteiger partial charge in [-0.2, -0.15) is 18.3 Å². The summed E-state index contributed by atoms with van der Waals surface area (Å²) in [5, 5.41) is 8.28. The van der Waals surface area contributed by atoms with Crippen molar-refractivity contribution >= 4 is 11.8 Å². The number of likely N-dealkylation sites (tertiary alicyclic amines) is 1. The lowest BCUT2D eigenvalue weighted by molar-refractivity contribution is -0.186. The quantitative estimate of drug-likeness (QED) is 0.806. The fraction of sp³-hybridized carbons (Fsp3) is 0.500. The highest BCUT2D eigenvalue weighted by Crippen LogP contribution is 2.21. The predicted molar refractivity (Wildman–Crippen MR) is 68.0 cm³/mol. The summed E-state index contributed by atoms with van der Waals surface area (Å²) in [4.78, 5) is 34.5. The van der Waals surface area contributed by atoms with Gasteiger partial charge in [-0.05, 0) is 18.9 Å². The number of hydrogen-bond donors (Lipinski definition) is 2. The van der Waals surface area contributed by atoms with Crippen LogP contribution in [0.15, 0.2) is 16.9 Å². The van der Waals surface area contributed by atoms with Gasteiger partial charge >= 0.3 is 12.1 Å². The zero-order valence-electron chi connectivity index (χ0n) is 11.3. The van der Waals surface area contributed by atoms with Crippen LogP contribution >= 0.6 is 0 Å². The van der Waals surface area contributed by atoms with Crippen LogP contribution in [0.5, 0.6) is 0 Å². The molecule has 0 saturated carbocycles. The van der Waals surface area contributed by atoms with Crippen molar-refractivity contribution in [3.05, 3.63) is 28.2 Å². The third-order valence-electron chi connectivity index (χ3n) is 3.27. The minimum absolute atomic E-state index is 0.00778. The van der Waals surface area contributed by atoms with Crippen molar-refractivity contribution in [2.24, 2.45) is 0 Å². The van der Waals surface area contributed by atoms with Crippen molar-refractivity contribution < 1.29 is 22.8 Å². The van der Waals surface area contributed by atoms with Gasteiger partial charge in [-0.15, -0.1) is 0 Å². The second kappa shape index (κ2) is 6.16. The largest absolute Gasteiger partial charge is 0.471 e.